The second-order valence-corrected chi connectivity index (χ2v) is 4.03. The van der Waals surface area contributed by atoms with Gasteiger partial charge in [0, 0.05) is 5.56 Å². The third-order valence-corrected chi connectivity index (χ3v) is 2.99. The molecule has 0 saturated heterocycles. The molecule has 1 aromatic carbocycles. The van der Waals surface area contributed by atoms with E-state index in [-0.39, 0.29) is 5.78 Å². The molecule has 1 rings (SSSR count). The minimum absolute atomic E-state index is 0.0298. The van der Waals surface area contributed by atoms with Gasteiger partial charge in [0.2, 0.25) is 0 Å². The van der Waals surface area contributed by atoms with Crippen molar-refractivity contribution in [2.75, 3.05) is 6.61 Å². The molecule has 0 aliphatic carbocycles. The van der Waals surface area contributed by atoms with Crippen LogP contribution in [0.3, 0.4) is 0 Å². The van der Waals surface area contributed by atoms with Crippen LogP contribution in [0.1, 0.15) is 34.6 Å². The van der Waals surface area contributed by atoms with E-state index in [4.69, 9.17) is 4.74 Å². The number of ketones is 1. The molecule has 0 amide bonds. The Labute approximate surface area is 102 Å². The zero-order valence-electron chi connectivity index (χ0n) is 8.54. The van der Waals surface area contributed by atoms with Crippen molar-refractivity contribution in [3.05, 3.63) is 26.8 Å². The zero-order valence-corrected chi connectivity index (χ0v) is 10.7. The Bertz CT molecular complexity index is 399. The van der Waals surface area contributed by atoms with E-state index in [2.05, 4.69) is 0 Å². The lowest BCUT2D eigenvalue weighted by atomic mass is 10.1. The van der Waals surface area contributed by atoms with E-state index in [9.17, 15) is 9.59 Å². The third kappa shape index (κ3) is 2.56. The highest BCUT2D eigenvalue weighted by molar-refractivity contribution is 14.1. The number of halogens is 1. The Kier molecular flexibility index (Phi) is 4.26. The summed E-state index contributed by atoms with van der Waals surface area (Å²) >= 11 is 2.02. The molecule has 0 unspecified atom stereocenters. The van der Waals surface area contributed by atoms with E-state index in [1.54, 1.807) is 12.1 Å². The summed E-state index contributed by atoms with van der Waals surface area (Å²) in [5.41, 5.74) is 1.07. The van der Waals surface area contributed by atoms with Gasteiger partial charge in [0.15, 0.2) is 12.1 Å². The van der Waals surface area contributed by atoms with Gasteiger partial charge in [-0.2, -0.15) is 0 Å². The molecule has 4 heteroatoms. The standard InChI is InChI=1S/C11H11IO3/c1-3-15-11-8(6-13)4-5-9(7(2)14)10(11)12/h4-6H,3H2,1-2H3. The highest BCUT2D eigenvalue weighted by atomic mass is 127. The summed E-state index contributed by atoms with van der Waals surface area (Å²) in [6.07, 6.45) is 0.733. The van der Waals surface area contributed by atoms with Crippen molar-refractivity contribution in [1.82, 2.24) is 0 Å². The molecule has 0 aromatic heterocycles. The van der Waals surface area contributed by atoms with Gasteiger partial charge in [-0.3, -0.25) is 9.59 Å². The molecule has 0 heterocycles. The van der Waals surface area contributed by atoms with Crippen LogP contribution in [0.2, 0.25) is 0 Å². The number of carbonyl (C=O) groups is 2. The van der Waals surface area contributed by atoms with Crippen molar-refractivity contribution in [2.24, 2.45) is 0 Å². The molecule has 1 aromatic rings. The van der Waals surface area contributed by atoms with E-state index >= 15 is 0 Å². The number of Topliss-reactive ketones (excluding diaryl/α,β-unsaturated/α-hetero) is 1. The van der Waals surface area contributed by atoms with Gasteiger partial charge in [-0.25, -0.2) is 0 Å². The first-order chi connectivity index (χ1) is 7.11. The summed E-state index contributed by atoms with van der Waals surface area (Å²) in [6.45, 7) is 3.80. The lowest BCUT2D eigenvalue weighted by Crippen LogP contribution is -2.04. The molecular formula is C11H11IO3. The Morgan fingerprint density at radius 2 is 2.20 bits per heavy atom. The van der Waals surface area contributed by atoms with Crippen LogP contribution in [0.25, 0.3) is 0 Å². The number of benzene rings is 1. The minimum atomic E-state index is -0.0298. The Balaban J connectivity index is 3.34. The van der Waals surface area contributed by atoms with Gasteiger partial charge in [0.05, 0.1) is 15.7 Å². The van der Waals surface area contributed by atoms with Crippen molar-refractivity contribution in [1.29, 1.82) is 0 Å². The van der Waals surface area contributed by atoms with E-state index in [1.807, 2.05) is 29.5 Å². The Hall–Kier alpha value is -0.910. The lowest BCUT2D eigenvalue weighted by Gasteiger charge is -2.10. The van der Waals surface area contributed by atoms with Crippen LogP contribution in [0.5, 0.6) is 5.75 Å². The van der Waals surface area contributed by atoms with E-state index in [0.717, 1.165) is 6.29 Å². The number of ether oxygens (including phenoxy) is 1. The molecule has 15 heavy (non-hydrogen) atoms. The molecule has 0 bridgehead atoms. The van der Waals surface area contributed by atoms with Gasteiger partial charge >= 0.3 is 0 Å². The van der Waals surface area contributed by atoms with Crippen LogP contribution in [0, 0.1) is 3.57 Å². The predicted octanol–water partition coefficient (Wildman–Crippen LogP) is 2.71. The fourth-order valence-corrected chi connectivity index (χ4v) is 2.25. The maximum Gasteiger partial charge on any atom is 0.161 e. The van der Waals surface area contributed by atoms with Crippen LogP contribution in [0.4, 0.5) is 0 Å². The summed E-state index contributed by atoms with van der Waals surface area (Å²) in [4.78, 5) is 22.0. The van der Waals surface area contributed by atoms with Gasteiger partial charge in [0.25, 0.3) is 0 Å². The first-order valence-corrected chi connectivity index (χ1v) is 5.61. The van der Waals surface area contributed by atoms with Gasteiger partial charge < -0.3 is 4.74 Å². The minimum Gasteiger partial charge on any atom is -0.492 e. The number of aldehydes is 1. The summed E-state index contributed by atoms with van der Waals surface area (Å²) in [5.74, 6) is 0.471. The van der Waals surface area contributed by atoms with Crippen LogP contribution in [-0.4, -0.2) is 18.7 Å². The number of carbonyl (C=O) groups excluding carboxylic acids is 2. The molecule has 0 aliphatic heterocycles. The molecule has 0 atom stereocenters. The van der Waals surface area contributed by atoms with Crippen LogP contribution < -0.4 is 4.74 Å². The lowest BCUT2D eigenvalue weighted by molar-refractivity contribution is 0.101. The van der Waals surface area contributed by atoms with Gasteiger partial charge in [-0.05, 0) is 48.6 Å². The Morgan fingerprint density at radius 1 is 1.53 bits per heavy atom. The molecule has 0 N–H and O–H groups in total. The SMILES string of the molecule is CCOc1c(C=O)ccc(C(C)=O)c1I. The largest absolute Gasteiger partial charge is 0.492 e. The number of hydrogen-bond donors (Lipinski definition) is 0. The fraction of sp³-hybridized carbons (Fsp3) is 0.273. The molecule has 0 radical (unpaired) electrons. The monoisotopic (exact) mass is 318 g/mol. The number of hydrogen-bond acceptors (Lipinski definition) is 3. The zero-order chi connectivity index (χ0) is 11.4. The van der Waals surface area contributed by atoms with Gasteiger partial charge in [-0.1, -0.05) is 0 Å². The summed E-state index contributed by atoms with van der Waals surface area (Å²) in [7, 11) is 0. The topological polar surface area (TPSA) is 43.4 Å². The average Bonchev–Trinajstić information content (AvgIpc) is 2.20. The molecule has 0 spiro atoms. The van der Waals surface area contributed by atoms with Crippen molar-refractivity contribution < 1.29 is 14.3 Å². The molecular weight excluding hydrogens is 307 g/mol. The van der Waals surface area contributed by atoms with Crippen molar-refractivity contribution in [3.8, 4) is 5.75 Å². The molecule has 3 nitrogen and oxygen atoms in total. The van der Waals surface area contributed by atoms with Crippen molar-refractivity contribution >= 4 is 34.7 Å². The van der Waals surface area contributed by atoms with Crippen molar-refractivity contribution in [3.63, 3.8) is 0 Å². The normalized spacial score (nSPS) is 9.80. The molecule has 0 fully saturated rings. The predicted molar refractivity (Wildman–Crippen MR) is 65.7 cm³/mol. The quantitative estimate of drug-likeness (QED) is 0.487. The molecule has 0 saturated carbocycles. The Morgan fingerprint density at radius 3 is 2.67 bits per heavy atom. The van der Waals surface area contributed by atoms with Crippen LogP contribution in [0.15, 0.2) is 12.1 Å². The van der Waals surface area contributed by atoms with Gasteiger partial charge in [0.1, 0.15) is 5.75 Å². The van der Waals surface area contributed by atoms with Gasteiger partial charge in [-0.15, -0.1) is 0 Å². The smallest absolute Gasteiger partial charge is 0.161 e. The number of rotatable bonds is 4. The van der Waals surface area contributed by atoms with E-state index < -0.39 is 0 Å². The third-order valence-electron chi connectivity index (χ3n) is 1.92. The first kappa shape index (κ1) is 12.2. The first-order valence-electron chi connectivity index (χ1n) is 4.53. The average molecular weight is 318 g/mol. The summed E-state index contributed by atoms with van der Waals surface area (Å²) in [6, 6.07) is 3.26. The van der Waals surface area contributed by atoms with Crippen molar-refractivity contribution in [2.45, 2.75) is 13.8 Å². The second kappa shape index (κ2) is 5.25. The maximum absolute atomic E-state index is 11.3. The summed E-state index contributed by atoms with van der Waals surface area (Å²) < 4.78 is 6.06. The molecule has 0 aliphatic rings. The highest BCUT2D eigenvalue weighted by Crippen LogP contribution is 2.28. The highest BCUT2D eigenvalue weighted by Gasteiger charge is 2.14. The maximum atomic E-state index is 11.3. The van der Waals surface area contributed by atoms with Crippen LogP contribution >= 0.6 is 22.6 Å². The van der Waals surface area contributed by atoms with E-state index in [0.29, 0.717) is 27.1 Å². The second-order valence-electron chi connectivity index (χ2n) is 2.95. The van der Waals surface area contributed by atoms with Crippen LogP contribution in [-0.2, 0) is 0 Å². The van der Waals surface area contributed by atoms with E-state index in [1.165, 1.54) is 6.92 Å². The molecule has 80 valence electrons. The fourth-order valence-electron chi connectivity index (χ4n) is 1.23. The summed E-state index contributed by atoms with van der Waals surface area (Å²) in [5, 5.41) is 0.